The summed E-state index contributed by atoms with van der Waals surface area (Å²) in [7, 11) is 0. The second kappa shape index (κ2) is 6.38. The lowest BCUT2D eigenvalue weighted by Crippen LogP contribution is -2.23. The molecule has 1 heterocycles. The summed E-state index contributed by atoms with van der Waals surface area (Å²) in [5.41, 5.74) is 0.408. The molecule has 0 saturated heterocycles. The number of nitrogens with one attached hydrogen (secondary N) is 1. The molecule has 0 unspecified atom stereocenters. The fourth-order valence-corrected chi connectivity index (χ4v) is 2.47. The first-order chi connectivity index (χ1) is 7.15. The smallest absolute Gasteiger partial charge is 0.253 e. The first-order valence-electron chi connectivity index (χ1n) is 4.09. The summed E-state index contributed by atoms with van der Waals surface area (Å²) in [6, 6.07) is 1.55. The van der Waals surface area contributed by atoms with Gasteiger partial charge in [0.15, 0.2) is 0 Å². The maximum atomic E-state index is 11.5. The maximum absolute atomic E-state index is 11.5. The van der Waals surface area contributed by atoms with E-state index < -0.39 is 0 Å². The van der Waals surface area contributed by atoms with Crippen LogP contribution in [0, 0.1) is 0 Å². The minimum absolute atomic E-state index is 0.234. The van der Waals surface area contributed by atoms with Crippen molar-refractivity contribution in [2.24, 2.45) is 0 Å². The van der Waals surface area contributed by atoms with Crippen LogP contribution in [0.15, 0.2) is 18.2 Å². The highest BCUT2D eigenvalue weighted by Crippen LogP contribution is 2.30. The molecule has 0 radical (unpaired) electrons. The molecule has 0 fully saturated rings. The zero-order valence-electron chi connectivity index (χ0n) is 7.60. The molecule has 0 aliphatic heterocycles. The molecule has 1 aromatic rings. The summed E-state index contributed by atoms with van der Waals surface area (Å²) in [4.78, 5) is 11.5. The Hall–Kier alpha value is -0.220. The molecule has 0 bridgehead atoms. The van der Waals surface area contributed by atoms with E-state index in [-0.39, 0.29) is 5.91 Å². The molecule has 1 N–H and O–H groups in total. The molecule has 6 heteroatoms. The highest BCUT2D eigenvalue weighted by atomic mass is 35.5. The number of hydrogen-bond donors (Lipinski definition) is 1. The van der Waals surface area contributed by atoms with Gasteiger partial charge in [0, 0.05) is 12.4 Å². The van der Waals surface area contributed by atoms with Gasteiger partial charge in [0.1, 0.15) is 4.34 Å². The van der Waals surface area contributed by atoms with Crippen LogP contribution in [0.5, 0.6) is 0 Å². The third-order valence-corrected chi connectivity index (χ3v) is 3.20. The Kier molecular flexibility index (Phi) is 5.47. The van der Waals surface area contributed by atoms with E-state index >= 15 is 0 Å². The molecule has 15 heavy (non-hydrogen) atoms. The zero-order chi connectivity index (χ0) is 11.3. The van der Waals surface area contributed by atoms with Crippen LogP contribution in [0.1, 0.15) is 10.4 Å². The average molecular weight is 285 g/mol. The van der Waals surface area contributed by atoms with Crippen molar-refractivity contribution in [3.8, 4) is 0 Å². The average Bonchev–Trinajstić information content (AvgIpc) is 2.52. The van der Waals surface area contributed by atoms with Gasteiger partial charge in [0.2, 0.25) is 0 Å². The number of amides is 1. The Morgan fingerprint density at radius 3 is 2.73 bits per heavy atom. The number of thiophene rings is 1. The molecule has 1 aromatic heterocycles. The van der Waals surface area contributed by atoms with E-state index in [1.807, 2.05) is 0 Å². The Balaban J connectivity index is 2.54. The van der Waals surface area contributed by atoms with Crippen molar-refractivity contribution in [3.63, 3.8) is 0 Å². The molecular weight excluding hydrogens is 277 g/mol. The molecule has 0 aliphatic carbocycles. The molecule has 0 aromatic carbocycles. The molecular formula is C9H8Cl3NOS. The summed E-state index contributed by atoms with van der Waals surface area (Å²) in [6.45, 7) is 0.426. The second-order valence-corrected chi connectivity index (χ2v) is 5.17. The van der Waals surface area contributed by atoms with Crippen molar-refractivity contribution < 1.29 is 4.79 Å². The van der Waals surface area contributed by atoms with Gasteiger partial charge in [-0.1, -0.05) is 35.4 Å². The molecule has 1 rings (SSSR count). The largest absolute Gasteiger partial charge is 0.348 e. The molecule has 82 valence electrons. The lowest BCUT2D eigenvalue weighted by molar-refractivity contribution is 0.0958. The van der Waals surface area contributed by atoms with Crippen LogP contribution in [-0.4, -0.2) is 18.3 Å². The van der Waals surface area contributed by atoms with Crippen molar-refractivity contribution >= 4 is 52.0 Å². The summed E-state index contributed by atoms with van der Waals surface area (Å²) >= 11 is 18.1. The maximum Gasteiger partial charge on any atom is 0.253 e. The Bertz CT molecular complexity index is 375. The SMILES string of the molecule is O=C(NC/C=C/CCl)c1cc(Cl)sc1Cl. The van der Waals surface area contributed by atoms with Crippen molar-refractivity contribution in [1.29, 1.82) is 0 Å². The number of hydrogen-bond acceptors (Lipinski definition) is 2. The molecule has 0 aliphatic rings. The molecule has 1 amide bonds. The van der Waals surface area contributed by atoms with Gasteiger partial charge in [-0.2, -0.15) is 0 Å². The number of rotatable bonds is 4. The monoisotopic (exact) mass is 283 g/mol. The van der Waals surface area contributed by atoms with Crippen LogP contribution in [0.25, 0.3) is 0 Å². The van der Waals surface area contributed by atoms with Gasteiger partial charge >= 0.3 is 0 Å². The van der Waals surface area contributed by atoms with Gasteiger partial charge in [-0.15, -0.1) is 22.9 Å². The number of carbonyl (C=O) groups excluding carboxylic acids is 1. The van der Waals surface area contributed by atoms with E-state index in [0.717, 1.165) is 0 Å². The van der Waals surface area contributed by atoms with Crippen LogP contribution in [0.2, 0.25) is 8.67 Å². The van der Waals surface area contributed by atoms with E-state index in [4.69, 9.17) is 34.8 Å². The van der Waals surface area contributed by atoms with E-state index in [9.17, 15) is 4.79 Å². The quantitative estimate of drug-likeness (QED) is 0.664. The van der Waals surface area contributed by atoms with E-state index in [0.29, 0.717) is 26.7 Å². The van der Waals surface area contributed by atoms with Gasteiger partial charge in [0.05, 0.1) is 9.90 Å². The van der Waals surface area contributed by atoms with Crippen LogP contribution >= 0.6 is 46.1 Å². The van der Waals surface area contributed by atoms with Crippen molar-refractivity contribution in [1.82, 2.24) is 5.32 Å². The summed E-state index contributed by atoms with van der Waals surface area (Å²) in [5.74, 6) is 0.198. The van der Waals surface area contributed by atoms with Gasteiger partial charge in [-0.05, 0) is 6.07 Å². The topological polar surface area (TPSA) is 29.1 Å². The standard InChI is InChI=1S/C9H8Cl3NOS/c10-3-1-2-4-13-9(14)6-5-7(11)15-8(6)12/h1-2,5H,3-4H2,(H,13,14)/b2-1+. The summed E-state index contributed by atoms with van der Waals surface area (Å²) in [5, 5.41) is 2.67. The molecule has 0 saturated carbocycles. The van der Waals surface area contributed by atoms with Crippen LogP contribution in [0.4, 0.5) is 0 Å². The third-order valence-electron chi connectivity index (χ3n) is 1.54. The van der Waals surface area contributed by atoms with Gasteiger partial charge in [-0.3, -0.25) is 4.79 Å². The number of allylic oxidation sites excluding steroid dienone is 1. The first-order valence-corrected chi connectivity index (χ1v) is 6.20. The molecule has 0 spiro atoms. The lowest BCUT2D eigenvalue weighted by Gasteiger charge is -1.99. The van der Waals surface area contributed by atoms with E-state index in [1.54, 1.807) is 18.2 Å². The van der Waals surface area contributed by atoms with Crippen LogP contribution in [-0.2, 0) is 0 Å². The Morgan fingerprint density at radius 1 is 1.47 bits per heavy atom. The van der Waals surface area contributed by atoms with Gasteiger partial charge in [-0.25, -0.2) is 0 Å². The van der Waals surface area contributed by atoms with Crippen LogP contribution < -0.4 is 5.32 Å². The minimum Gasteiger partial charge on any atom is -0.348 e. The van der Waals surface area contributed by atoms with Crippen molar-refractivity contribution in [2.45, 2.75) is 0 Å². The zero-order valence-corrected chi connectivity index (χ0v) is 10.7. The fourth-order valence-electron chi connectivity index (χ4n) is 0.888. The molecule has 2 nitrogen and oxygen atoms in total. The molecule has 0 atom stereocenters. The Labute approximate surface area is 107 Å². The lowest BCUT2D eigenvalue weighted by atomic mass is 10.3. The third kappa shape index (κ3) is 4.03. The summed E-state index contributed by atoms with van der Waals surface area (Å²) in [6.07, 6.45) is 3.52. The normalized spacial score (nSPS) is 10.9. The fraction of sp³-hybridized carbons (Fsp3) is 0.222. The van der Waals surface area contributed by atoms with Crippen molar-refractivity contribution in [3.05, 3.63) is 32.5 Å². The highest BCUT2D eigenvalue weighted by molar-refractivity contribution is 7.20. The number of carbonyl (C=O) groups is 1. The Morgan fingerprint density at radius 2 is 2.20 bits per heavy atom. The predicted octanol–water partition coefficient (Wildman–Crippen LogP) is 3.58. The van der Waals surface area contributed by atoms with Gasteiger partial charge < -0.3 is 5.32 Å². The van der Waals surface area contributed by atoms with Crippen LogP contribution in [0.3, 0.4) is 0 Å². The number of alkyl halides is 1. The van der Waals surface area contributed by atoms with E-state index in [2.05, 4.69) is 5.32 Å². The summed E-state index contributed by atoms with van der Waals surface area (Å²) < 4.78 is 0.903. The minimum atomic E-state index is -0.234. The predicted molar refractivity (Wildman–Crippen MR) is 66.5 cm³/mol. The van der Waals surface area contributed by atoms with Crippen molar-refractivity contribution in [2.75, 3.05) is 12.4 Å². The highest BCUT2D eigenvalue weighted by Gasteiger charge is 2.12. The second-order valence-electron chi connectivity index (χ2n) is 2.57. The first kappa shape index (κ1) is 12.8. The van der Waals surface area contributed by atoms with E-state index in [1.165, 1.54) is 11.3 Å². The number of halogens is 3. The van der Waals surface area contributed by atoms with Gasteiger partial charge in [0.25, 0.3) is 5.91 Å².